The van der Waals surface area contributed by atoms with Crippen molar-refractivity contribution in [1.29, 1.82) is 0 Å². The maximum atomic E-state index is 14.1. The van der Waals surface area contributed by atoms with Crippen LogP contribution in [-0.2, 0) is 25.5 Å². The number of fused-ring (bicyclic) bond motifs is 1. The molecule has 3 amide bonds. The molecule has 3 aromatic rings. The third kappa shape index (κ3) is 9.17. The molecule has 0 spiro atoms. The summed E-state index contributed by atoms with van der Waals surface area (Å²) in [7, 11) is 0. The Labute approximate surface area is 265 Å². The van der Waals surface area contributed by atoms with Crippen molar-refractivity contribution in [2.75, 3.05) is 31.1 Å². The zero-order valence-corrected chi connectivity index (χ0v) is 26.6. The molecule has 3 aromatic carbocycles. The molecule has 0 unspecified atom stereocenters. The number of hydrogen-bond donors (Lipinski definition) is 1. The number of nitrogens with one attached hydrogen (secondary N) is 1. The van der Waals surface area contributed by atoms with Crippen LogP contribution < -0.4 is 10.2 Å². The summed E-state index contributed by atoms with van der Waals surface area (Å²) in [5.74, 6) is -0.970. The molecule has 238 valence electrons. The van der Waals surface area contributed by atoms with E-state index in [0.29, 0.717) is 24.2 Å². The lowest BCUT2D eigenvalue weighted by atomic mass is 9.95. The lowest BCUT2D eigenvalue weighted by Crippen LogP contribution is -2.42. The van der Waals surface area contributed by atoms with Crippen LogP contribution in [0.4, 0.5) is 10.5 Å². The predicted octanol–water partition coefficient (Wildman–Crippen LogP) is 6.07. The molecule has 0 fully saturated rings. The van der Waals surface area contributed by atoms with Crippen LogP contribution in [0.15, 0.2) is 78.9 Å². The molecular weight excluding hydrogens is 570 g/mol. The zero-order valence-electron chi connectivity index (χ0n) is 26.6. The van der Waals surface area contributed by atoms with Crippen LogP contribution in [0.5, 0.6) is 0 Å². The molecule has 1 heterocycles. The summed E-state index contributed by atoms with van der Waals surface area (Å²) in [6.45, 7) is 7.80. The Morgan fingerprint density at radius 3 is 2.16 bits per heavy atom. The zero-order chi connectivity index (χ0) is 32.4. The average molecular weight is 614 g/mol. The number of unbranched alkanes of at least 4 members (excludes halogenated alkanes) is 1. The first-order valence-corrected chi connectivity index (χ1v) is 15.5. The predicted molar refractivity (Wildman–Crippen MR) is 173 cm³/mol. The molecule has 0 atom stereocenters. The van der Waals surface area contributed by atoms with Crippen molar-refractivity contribution in [3.05, 3.63) is 101 Å². The van der Waals surface area contributed by atoms with Gasteiger partial charge in [-0.1, -0.05) is 66.7 Å². The van der Waals surface area contributed by atoms with Gasteiger partial charge in [0.1, 0.15) is 12.1 Å². The van der Waals surface area contributed by atoms with E-state index < -0.39 is 23.7 Å². The summed E-state index contributed by atoms with van der Waals surface area (Å²) in [6, 6.07) is 24.7. The quantitative estimate of drug-likeness (QED) is 0.197. The highest BCUT2D eigenvalue weighted by atomic mass is 16.6. The van der Waals surface area contributed by atoms with Gasteiger partial charge in [-0.25, -0.2) is 4.79 Å². The maximum absolute atomic E-state index is 14.1. The van der Waals surface area contributed by atoms with Gasteiger partial charge in [-0.15, -0.1) is 0 Å². The molecule has 1 aliphatic rings. The highest BCUT2D eigenvalue weighted by molar-refractivity contribution is 6.10. The van der Waals surface area contributed by atoms with Crippen LogP contribution in [0, 0.1) is 0 Å². The van der Waals surface area contributed by atoms with Crippen molar-refractivity contribution < 1.29 is 28.7 Å². The molecule has 9 nitrogen and oxygen atoms in total. The summed E-state index contributed by atoms with van der Waals surface area (Å²) in [5, 5.41) is 2.78. The molecule has 0 saturated carbocycles. The van der Waals surface area contributed by atoms with Crippen LogP contribution in [0.2, 0.25) is 0 Å². The Morgan fingerprint density at radius 1 is 0.911 bits per heavy atom. The molecule has 1 N–H and O–H groups in total. The van der Waals surface area contributed by atoms with E-state index in [1.54, 1.807) is 11.8 Å². The number of ether oxygens (including phenoxy) is 2. The topological polar surface area (TPSA) is 105 Å². The Hall–Kier alpha value is -4.66. The van der Waals surface area contributed by atoms with Gasteiger partial charge in [0, 0.05) is 13.1 Å². The minimum Gasteiger partial charge on any atom is -0.466 e. The van der Waals surface area contributed by atoms with Gasteiger partial charge in [-0.3, -0.25) is 19.3 Å². The van der Waals surface area contributed by atoms with Gasteiger partial charge >= 0.3 is 12.1 Å². The number of rotatable bonds is 12. The Kier molecular flexibility index (Phi) is 11.4. The summed E-state index contributed by atoms with van der Waals surface area (Å²) < 4.78 is 10.4. The molecule has 1 aliphatic heterocycles. The van der Waals surface area contributed by atoms with Gasteiger partial charge in [0.05, 0.1) is 30.3 Å². The fourth-order valence-electron chi connectivity index (χ4n) is 5.38. The second-order valence-electron chi connectivity index (χ2n) is 12.0. The number of alkyl carbamates (subject to hydrolysis) is 1. The smallest absolute Gasteiger partial charge is 0.407 e. The normalized spacial score (nSPS) is 13.4. The van der Waals surface area contributed by atoms with Crippen molar-refractivity contribution >= 4 is 29.6 Å². The number of aryl methyl sites for hydroxylation is 1. The van der Waals surface area contributed by atoms with Gasteiger partial charge in [0.15, 0.2) is 0 Å². The van der Waals surface area contributed by atoms with Crippen molar-refractivity contribution in [3.63, 3.8) is 0 Å². The number of hydrogen-bond acceptors (Lipinski definition) is 6. The van der Waals surface area contributed by atoms with Crippen LogP contribution >= 0.6 is 0 Å². The third-order valence-corrected chi connectivity index (χ3v) is 7.37. The minimum absolute atomic E-state index is 0.00662. The molecule has 0 aromatic heterocycles. The number of esters is 1. The van der Waals surface area contributed by atoms with Gasteiger partial charge in [-0.05, 0) is 75.8 Å². The number of carbonyl (C=O) groups is 4. The van der Waals surface area contributed by atoms with Gasteiger partial charge < -0.3 is 19.7 Å². The largest absolute Gasteiger partial charge is 0.466 e. The lowest BCUT2D eigenvalue weighted by Gasteiger charge is -2.33. The van der Waals surface area contributed by atoms with E-state index in [1.165, 1.54) is 4.90 Å². The minimum atomic E-state index is -0.558. The van der Waals surface area contributed by atoms with Crippen molar-refractivity contribution in [1.82, 2.24) is 10.2 Å². The number of benzene rings is 3. The van der Waals surface area contributed by atoms with E-state index >= 15 is 0 Å². The van der Waals surface area contributed by atoms with Crippen molar-refractivity contribution in [2.24, 2.45) is 0 Å². The Bertz CT molecular complexity index is 1430. The fourth-order valence-corrected chi connectivity index (χ4v) is 5.38. The van der Waals surface area contributed by atoms with E-state index in [-0.39, 0.29) is 37.9 Å². The van der Waals surface area contributed by atoms with E-state index in [0.717, 1.165) is 29.5 Å². The molecule has 4 rings (SSSR count). The first-order chi connectivity index (χ1) is 21.6. The highest BCUT2D eigenvalue weighted by Crippen LogP contribution is 2.37. The lowest BCUT2D eigenvalue weighted by molar-refractivity contribution is -0.143. The van der Waals surface area contributed by atoms with Gasteiger partial charge in [0.25, 0.3) is 5.91 Å². The van der Waals surface area contributed by atoms with Crippen LogP contribution in [-0.4, -0.2) is 60.6 Å². The summed E-state index contributed by atoms with van der Waals surface area (Å²) in [4.78, 5) is 55.5. The number of nitrogens with zero attached hydrogens (tertiary/aromatic N) is 2. The summed E-state index contributed by atoms with van der Waals surface area (Å²) in [5.41, 5.74) is 3.14. The SMILES string of the molecule is CCOC(=O)CCN1CC(=O)N(C(c2ccccc2)c2ccccc2)c2ccc(CCCCNC(=O)OC(C)(C)C)cc2C1=O. The first-order valence-electron chi connectivity index (χ1n) is 15.5. The number of amides is 3. The highest BCUT2D eigenvalue weighted by Gasteiger charge is 2.37. The van der Waals surface area contributed by atoms with Crippen LogP contribution in [0.3, 0.4) is 0 Å². The third-order valence-electron chi connectivity index (χ3n) is 7.37. The fraction of sp³-hybridized carbons (Fsp3) is 0.389. The van der Waals surface area contributed by atoms with Crippen molar-refractivity contribution in [2.45, 2.75) is 65.0 Å². The van der Waals surface area contributed by atoms with E-state index in [2.05, 4.69) is 5.32 Å². The maximum Gasteiger partial charge on any atom is 0.407 e. The van der Waals surface area contributed by atoms with Gasteiger partial charge in [-0.2, -0.15) is 0 Å². The van der Waals surface area contributed by atoms with Crippen LogP contribution in [0.1, 0.15) is 80.0 Å². The molecule has 0 radical (unpaired) electrons. The number of anilines is 1. The second-order valence-corrected chi connectivity index (χ2v) is 12.0. The Morgan fingerprint density at radius 2 is 1.56 bits per heavy atom. The standard InChI is InChI=1S/C36H43N3O6/c1-5-44-32(41)21-23-38-25-31(40)39(33(27-15-8-6-9-16-27)28-17-10-7-11-18-28)30-20-19-26(24-29(30)34(38)42)14-12-13-22-37-35(43)45-36(2,3)4/h6-11,15-20,24,33H,5,12-14,21-23,25H2,1-4H3,(H,37,43). The van der Waals surface area contributed by atoms with Crippen molar-refractivity contribution in [3.8, 4) is 0 Å². The summed E-state index contributed by atoms with van der Waals surface area (Å²) in [6.07, 6.45) is 1.72. The van der Waals surface area contributed by atoms with E-state index in [4.69, 9.17) is 9.47 Å². The molecule has 0 saturated heterocycles. The molecule has 0 aliphatic carbocycles. The monoisotopic (exact) mass is 613 g/mol. The van der Waals surface area contributed by atoms with Gasteiger partial charge in [0.2, 0.25) is 5.91 Å². The van der Waals surface area contributed by atoms with E-state index in [9.17, 15) is 19.2 Å². The molecule has 9 heteroatoms. The second kappa shape index (κ2) is 15.4. The molecular formula is C36H43N3O6. The van der Waals surface area contributed by atoms with Crippen LogP contribution in [0.25, 0.3) is 0 Å². The summed E-state index contributed by atoms with van der Waals surface area (Å²) >= 11 is 0. The number of carbonyl (C=O) groups excluding carboxylic acids is 4. The van der Waals surface area contributed by atoms with E-state index in [1.807, 2.05) is 99.6 Å². The molecule has 45 heavy (non-hydrogen) atoms. The molecule has 0 bridgehead atoms. The average Bonchev–Trinajstić information content (AvgIpc) is 3.10. The Balaban J connectivity index is 1.64. The first kappa shape index (κ1) is 33.2.